The first-order valence-electron chi connectivity index (χ1n) is 5.46. The van der Waals surface area contributed by atoms with Crippen LogP contribution < -0.4 is 5.73 Å². The van der Waals surface area contributed by atoms with Crippen LogP contribution in [0.1, 0.15) is 19.8 Å². The van der Waals surface area contributed by atoms with Crippen LogP contribution >= 0.6 is 12.6 Å². The van der Waals surface area contributed by atoms with Gasteiger partial charge >= 0.3 is 0 Å². The second-order valence-corrected chi connectivity index (χ2v) is 4.96. The van der Waals surface area contributed by atoms with E-state index in [0.29, 0.717) is 5.25 Å². The highest BCUT2D eigenvalue weighted by Crippen LogP contribution is 2.16. The number of amides is 1. The van der Waals surface area contributed by atoms with Gasteiger partial charge in [-0.3, -0.25) is 9.69 Å². The molecule has 1 unspecified atom stereocenters. The van der Waals surface area contributed by atoms with E-state index in [2.05, 4.69) is 29.7 Å². The molecule has 1 atom stereocenters. The Morgan fingerprint density at radius 3 is 2.67 bits per heavy atom. The summed E-state index contributed by atoms with van der Waals surface area (Å²) in [5.74, 6) is -0.0526. The number of rotatable bonds is 4. The monoisotopic (exact) mass is 228 g/mol. The molecule has 1 amide bonds. The zero-order valence-electron chi connectivity index (χ0n) is 9.22. The zero-order valence-corrected chi connectivity index (χ0v) is 10.1. The number of carbonyl (C=O) groups excluding carboxylic acids is 1. The van der Waals surface area contributed by atoms with Crippen LogP contribution in [0.4, 0.5) is 0 Å². The first-order chi connectivity index (χ1) is 7.09. The Labute approximate surface area is 97.1 Å². The van der Waals surface area contributed by atoms with E-state index in [0.717, 1.165) is 32.5 Å². The predicted molar refractivity (Wildman–Crippen MR) is 65.9 cm³/mol. The Morgan fingerprint density at radius 2 is 2.20 bits per heavy atom. The number of nitrogens with two attached hydrogens (primary N) is 1. The molecule has 1 aliphatic heterocycles. The van der Waals surface area contributed by atoms with E-state index in [1.54, 1.807) is 0 Å². The normalized spacial score (nSPS) is 22.0. The van der Waals surface area contributed by atoms with Crippen LogP contribution in [0.3, 0.4) is 0 Å². The van der Waals surface area contributed by atoms with Crippen LogP contribution in [0, 0.1) is 5.92 Å². The van der Waals surface area contributed by atoms with Gasteiger partial charge in [-0.05, 0) is 25.9 Å². The SMILES string of the molecule is CC(S)/C=C/CN1CCC(C(N)=O)CC1. The third-order valence-corrected chi connectivity index (χ3v) is 2.94. The number of primary amides is 1. The maximum absolute atomic E-state index is 10.9. The highest BCUT2D eigenvalue weighted by molar-refractivity contribution is 7.81. The van der Waals surface area contributed by atoms with E-state index in [9.17, 15) is 4.79 Å². The van der Waals surface area contributed by atoms with E-state index in [1.807, 2.05) is 6.92 Å². The first-order valence-corrected chi connectivity index (χ1v) is 5.97. The summed E-state index contributed by atoms with van der Waals surface area (Å²) in [6.45, 7) is 4.94. The summed E-state index contributed by atoms with van der Waals surface area (Å²) in [6.07, 6.45) is 6.03. The molecule has 0 radical (unpaired) electrons. The van der Waals surface area contributed by atoms with Crippen LogP contribution in [0.15, 0.2) is 12.2 Å². The topological polar surface area (TPSA) is 46.3 Å². The van der Waals surface area contributed by atoms with Crippen molar-refractivity contribution in [1.29, 1.82) is 0 Å². The van der Waals surface area contributed by atoms with E-state index >= 15 is 0 Å². The Balaban J connectivity index is 2.23. The van der Waals surface area contributed by atoms with Gasteiger partial charge in [0.15, 0.2) is 0 Å². The number of thiol groups is 1. The summed E-state index contributed by atoms with van der Waals surface area (Å²) in [5.41, 5.74) is 5.27. The van der Waals surface area contributed by atoms with Crippen molar-refractivity contribution in [2.24, 2.45) is 11.7 Å². The third-order valence-electron chi connectivity index (χ3n) is 2.77. The van der Waals surface area contributed by atoms with Crippen LogP contribution in [-0.4, -0.2) is 35.7 Å². The Hall–Kier alpha value is -0.480. The van der Waals surface area contributed by atoms with Crippen LogP contribution in [0.25, 0.3) is 0 Å². The van der Waals surface area contributed by atoms with Crippen LogP contribution in [0.5, 0.6) is 0 Å². The second kappa shape index (κ2) is 6.18. The molecule has 0 aliphatic carbocycles. The van der Waals surface area contributed by atoms with Crippen LogP contribution in [0.2, 0.25) is 0 Å². The molecule has 0 aromatic rings. The molecule has 1 saturated heterocycles. The maximum atomic E-state index is 10.9. The van der Waals surface area contributed by atoms with E-state index in [-0.39, 0.29) is 11.8 Å². The fourth-order valence-corrected chi connectivity index (χ4v) is 1.93. The molecule has 1 rings (SSSR count). The van der Waals surface area contributed by atoms with Gasteiger partial charge in [0.1, 0.15) is 0 Å². The second-order valence-electron chi connectivity index (χ2n) is 4.15. The fourth-order valence-electron chi connectivity index (χ4n) is 1.81. The van der Waals surface area contributed by atoms with Crippen molar-refractivity contribution in [1.82, 2.24) is 4.90 Å². The van der Waals surface area contributed by atoms with E-state index < -0.39 is 0 Å². The van der Waals surface area contributed by atoms with Gasteiger partial charge in [-0.2, -0.15) is 12.6 Å². The van der Waals surface area contributed by atoms with Crippen molar-refractivity contribution in [2.75, 3.05) is 19.6 Å². The van der Waals surface area contributed by atoms with Gasteiger partial charge in [-0.25, -0.2) is 0 Å². The standard InChI is InChI=1S/C11H20N2OS/c1-9(15)3-2-6-13-7-4-10(5-8-13)11(12)14/h2-3,9-10,15H,4-8H2,1H3,(H2,12,14)/b3-2+. The number of carbonyl (C=O) groups is 1. The summed E-state index contributed by atoms with van der Waals surface area (Å²) < 4.78 is 0. The molecule has 3 nitrogen and oxygen atoms in total. The molecule has 0 aromatic carbocycles. The van der Waals surface area contributed by atoms with Gasteiger partial charge in [0.05, 0.1) is 0 Å². The zero-order chi connectivity index (χ0) is 11.3. The van der Waals surface area contributed by atoms with Gasteiger partial charge < -0.3 is 5.73 Å². The summed E-state index contributed by atoms with van der Waals surface area (Å²) in [6, 6.07) is 0. The number of hydrogen-bond acceptors (Lipinski definition) is 3. The summed E-state index contributed by atoms with van der Waals surface area (Å²) in [7, 11) is 0. The summed E-state index contributed by atoms with van der Waals surface area (Å²) >= 11 is 4.27. The largest absolute Gasteiger partial charge is 0.369 e. The van der Waals surface area contributed by atoms with E-state index in [1.165, 1.54) is 0 Å². The molecule has 1 heterocycles. The molecule has 0 aromatic heterocycles. The number of likely N-dealkylation sites (tertiary alicyclic amines) is 1. The lowest BCUT2D eigenvalue weighted by molar-refractivity contribution is -0.123. The maximum Gasteiger partial charge on any atom is 0.220 e. The predicted octanol–water partition coefficient (Wildman–Crippen LogP) is 1.06. The highest BCUT2D eigenvalue weighted by atomic mass is 32.1. The molecule has 2 N–H and O–H groups in total. The number of nitrogens with zero attached hydrogens (tertiary/aromatic N) is 1. The minimum atomic E-state index is -0.144. The molecular formula is C11H20N2OS. The van der Waals surface area contributed by atoms with Crippen molar-refractivity contribution in [2.45, 2.75) is 25.0 Å². The summed E-state index contributed by atoms with van der Waals surface area (Å²) in [4.78, 5) is 13.3. The molecule has 1 aliphatic rings. The molecule has 86 valence electrons. The van der Waals surface area contributed by atoms with Gasteiger partial charge in [0.2, 0.25) is 5.91 Å². The lowest BCUT2D eigenvalue weighted by atomic mass is 9.96. The van der Waals surface area contributed by atoms with E-state index in [4.69, 9.17) is 5.73 Å². The van der Waals surface area contributed by atoms with Gasteiger partial charge in [0, 0.05) is 17.7 Å². The van der Waals surface area contributed by atoms with Crippen molar-refractivity contribution in [3.05, 3.63) is 12.2 Å². The number of hydrogen-bond donors (Lipinski definition) is 2. The molecule has 4 heteroatoms. The van der Waals surface area contributed by atoms with Gasteiger partial charge in [-0.15, -0.1) is 0 Å². The lowest BCUT2D eigenvalue weighted by Gasteiger charge is -2.29. The average molecular weight is 228 g/mol. The van der Waals surface area contributed by atoms with Gasteiger partial charge in [-0.1, -0.05) is 19.1 Å². The Bertz CT molecular complexity index is 233. The molecule has 0 saturated carbocycles. The Kier molecular flexibility index (Phi) is 5.19. The quantitative estimate of drug-likeness (QED) is 0.558. The van der Waals surface area contributed by atoms with Crippen LogP contribution in [-0.2, 0) is 4.79 Å². The molecule has 1 fully saturated rings. The Morgan fingerprint density at radius 1 is 1.60 bits per heavy atom. The van der Waals surface area contributed by atoms with Crippen molar-refractivity contribution in [3.8, 4) is 0 Å². The third kappa shape index (κ3) is 4.71. The fraction of sp³-hybridized carbons (Fsp3) is 0.727. The lowest BCUT2D eigenvalue weighted by Crippen LogP contribution is -2.38. The first kappa shape index (κ1) is 12.6. The summed E-state index contributed by atoms with van der Waals surface area (Å²) in [5, 5.41) is 0.313. The molecule has 0 spiro atoms. The molecule has 0 bridgehead atoms. The minimum absolute atomic E-state index is 0.0917. The highest BCUT2D eigenvalue weighted by Gasteiger charge is 2.21. The minimum Gasteiger partial charge on any atom is -0.369 e. The van der Waals surface area contributed by atoms with Crippen molar-refractivity contribution in [3.63, 3.8) is 0 Å². The van der Waals surface area contributed by atoms with Crippen molar-refractivity contribution < 1.29 is 4.79 Å². The van der Waals surface area contributed by atoms with Crippen molar-refractivity contribution >= 4 is 18.5 Å². The number of piperidine rings is 1. The molecular weight excluding hydrogens is 208 g/mol. The smallest absolute Gasteiger partial charge is 0.220 e. The average Bonchev–Trinajstić information content (AvgIpc) is 2.18. The van der Waals surface area contributed by atoms with Gasteiger partial charge in [0.25, 0.3) is 0 Å². The molecule has 15 heavy (non-hydrogen) atoms.